The fraction of sp³-hybridized carbons (Fsp3) is 0.348. The van der Waals surface area contributed by atoms with Gasteiger partial charge in [-0.25, -0.2) is 4.39 Å². The molecular weight excluding hydrogens is 389 g/mol. The summed E-state index contributed by atoms with van der Waals surface area (Å²) in [6, 6.07) is 12.5. The minimum atomic E-state index is -0.202. The number of nitrogen functional groups attached to an aromatic ring is 1. The van der Waals surface area contributed by atoms with Gasteiger partial charge in [0.25, 0.3) is 0 Å². The summed E-state index contributed by atoms with van der Waals surface area (Å²) in [7, 11) is 0. The minimum Gasteiger partial charge on any atom is -0.398 e. The van der Waals surface area contributed by atoms with Crippen molar-refractivity contribution in [3.63, 3.8) is 0 Å². The molecule has 2 atom stereocenters. The highest BCUT2D eigenvalue weighted by Crippen LogP contribution is 2.30. The molecular formula is C23H25ClFN3O. The van der Waals surface area contributed by atoms with E-state index in [1.54, 1.807) is 24.3 Å². The van der Waals surface area contributed by atoms with Gasteiger partial charge in [0.15, 0.2) is 5.78 Å². The number of nitrogens with zero attached hydrogens (tertiary/aromatic N) is 2. The van der Waals surface area contributed by atoms with Crippen LogP contribution < -0.4 is 5.73 Å². The summed E-state index contributed by atoms with van der Waals surface area (Å²) in [5.74, 6) is -0.308. The lowest BCUT2D eigenvalue weighted by Gasteiger charge is -2.50. The van der Waals surface area contributed by atoms with E-state index >= 15 is 0 Å². The smallest absolute Gasteiger partial charge is 0.189 e. The molecule has 2 saturated heterocycles. The third kappa shape index (κ3) is 4.62. The number of anilines is 1. The Hall–Kier alpha value is -2.37. The van der Waals surface area contributed by atoms with E-state index in [9.17, 15) is 9.18 Å². The average molecular weight is 414 g/mol. The van der Waals surface area contributed by atoms with Crippen molar-refractivity contribution in [3.8, 4) is 0 Å². The molecule has 2 N–H and O–H groups in total. The average Bonchev–Trinajstić information content (AvgIpc) is 2.68. The van der Waals surface area contributed by atoms with Crippen LogP contribution in [0, 0.1) is 5.82 Å². The largest absolute Gasteiger partial charge is 0.398 e. The second-order valence-electron chi connectivity index (χ2n) is 7.92. The van der Waals surface area contributed by atoms with Crippen molar-refractivity contribution in [1.29, 1.82) is 0 Å². The van der Waals surface area contributed by atoms with Gasteiger partial charge in [-0.05, 0) is 55.2 Å². The Morgan fingerprint density at radius 2 is 1.83 bits per heavy atom. The van der Waals surface area contributed by atoms with Crippen LogP contribution in [0.5, 0.6) is 0 Å². The summed E-state index contributed by atoms with van der Waals surface area (Å²) in [5, 5.41) is 0.523. The van der Waals surface area contributed by atoms with Gasteiger partial charge in [0, 0.05) is 60.3 Å². The zero-order valence-electron chi connectivity index (χ0n) is 16.2. The lowest BCUT2D eigenvalue weighted by Crippen LogP contribution is -2.58. The van der Waals surface area contributed by atoms with Crippen molar-refractivity contribution in [1.82, 2.24) is 9.80 Å². The fourth-order valence-electron chi connectivity index (χ4n) is 4.45. The van der Waals surface area contributed by atoms with Crippen LogP contribution in [0.3, 0.4) is 0 Å². The summed E-state index contributed by atoms with van der Waals surface area (Å²) in [4.78, 5) is 17.4. The maximum Gasteiger partial charge on any atom is 0.189 e. The molecule has 0 amide bonds. The Kier molecular flexibility index (Phi) is 5.88. The molecule has 6 heteroatoms. The summed E-state index contributed by atoms with van der Waals surface area (Å²) in [6.07, 6.45) is 7.00. The van der Waals surface area contributed by atoms with Crippen molar-refractivity contribution >= 4 is 23.1 Å². The maximum atomic E-state index is 13.2. The molecule has 2 unspecified atom stereocenters. The first kappa shape index (κ1) is 19.9. The second-order valence-corrected chi connectivity index (χ2v) is 8.35. The van der Waals surface area contributed by atoms with Gasteiger partial charge in [0.1, 0.15) is 5.82 Å². The highest BCUT2D eigenvalue weighted by molar-refractivity contribution is 6.31. The molecule has 4 rings (SSSR count). The van der Waals surface area contributed by atoms with Crippen LogP contribution >= 0.6 is 11.6 Å². The molecule has 2 heterocycles. The van der Waals surface area contributed by atoms with Crippen LogP contribution in [0.4, 0.5) is 10.1 Å². The standard InChI is InChI=1S/C23H25ClFN3O/c24-17-6-9-21(22(26)12-17)23(29)10-11-28-19-2-1-3-20(28)15-27(14-19)13-16-4-7-18(25)8-5-16/h4-12,19-20H,1-3,13-15,26H2. The van der Waals surface area contributed by atoms with Crippen LogP contribution in [0.25, 0.3) is 0 Å². The minimum absolute atomic E-state index is 0.106. The summed E-state index contributed by atoms with van der Waals surface area (Å²) < 4.78 is 13.2. The van der Waals surface area contributed by atoms with Gasteiger partial charge in [0.2, 0.25) is 0 Å². The predicted molar refractivity (Wildman–Crippen MR) is 114 cm³/mol. The Balaban J connectivity index is 1.43. The number of fused-ring (bicyclic) bond motifs is 2. The first-order valence-corrected chi connectivity index (χ1v) is 10.4. The number of ketones is 1. The third-order valence-electron chi connectivity index (χ3n) is 5.85. The quantitative estimate of drug-likeness (QED) is 0.445. The highest BCUT2D eigenvalue weighted by Gasteiger charge is 2.35. The normalized spacial score (nSPS) is 22.2. The number of piperidine rings is 1. The Bertz CT molecular complexity index is 901. The van der Waals surface area contributed by atoms with Gasteiger partial charge in [-0.1, -0.05) is 23.7 Å². The number of likely N-dealkylation sites (tertiary alicyclic amines) is 1. The molecule has 2 aromatic carbocycles. The number of nitrogens with two attached hydrogens (primary N) is 1. The molecule has 2 aliphatic heterocycles. The number of benzene rings is 2. The molecule has 4 nitrogen and oxygen atoms in total. The Labute approximate surface area is 175 Å². The van der Waals surface area contributed by atoms with E-state index in [2.05, 4.69) is 9.80 Å². The fourth-order valence-corrected chi connectivity index (χ4v) is 4.63. The van der Waals surface area contributed by atoms with E-state index in [-0.39, 0.29) is 11.6 Å². The number of carbonyl (C=O) groups is 1. The summed E-state index contributed by atoms with van der Waals surface area (Å²) >= 11 is 5.92. The Morgan fingerprint density at radius 1 is 1.14 bits per heavy atom. The van der Waals surface area contributed by atoms with E-state index in [0.29, 0.717) is 28.4 Å². The van der Waals surface area contributed by atoms with E-state index in [1.165, 1.54) is 18.6 Å². The molecule has 29 heavy (non-hydrogen) atoms. The van der Waals surface area contributed by atoms with Gasteiger partial charge in [-0.3, -0.25) is 9.69 Å². The molecule has 0 aliphatic carbocycles. The second kappa shape index (κ2) is 8.56. The number of piperazine rings is 1. The van der Waals surface area contributed by atoms with Crippen LogP contribution in [-0.4, -0.2) is 40.8 Å². The summed E-state index contributed by atoms with van der Waals surface area (Å²) in [5.41, 5.74) is 7.94. The molecule has 152 valence electrons. The first-order chi connectivity index (χ1) is 14.0. The van der Waals surface area contributed by atoms with Gasteiger partial charge >= 0.3 is 0 Å². The van der Waals surface area contributed by atoms with Crippen LogP contribution in [-0.2, 0) is 6.54 Å². The lowest BCUT2D eigenvalue weighted by molar-refractivity contribution is 0.0214. The van der Waals surface area contributed by atoms with Gasteiger partial charge in [-0.15, -0.1) is 0 Å². The number of hydrogen-bond donors (Lipinski definition) is 1. The Morgan fingerprint density at radius 3 is 2.48 bits per heavy atom. The molecule has 2 fully saturated rings. The van der Waals surface area contributed by atoms with Crippen molar-refractivity contribution in [2.24, 2.45) is 0 Å². The molecule has 0 spiro atoms. The number of halogens is 2. The lowest BCUT2D eigenvalue weighted by atomic mass is 9.91. The van der Waals surface area contributed by atoms with E-state index in [4.69, 9.17) is 17.3 Å². The molecule has 0 radical (unpaired) electrons. The van der Waals surface area contributed by atoms with Crippen molar-refractivity contribution in [2.45, 2.75) is 37.9 Å². The number of carbonyl (C=O) groups excluding carboxylic acids is 1. The van der Waals surface area contributed by atoms with E-state index in [1.807, 2.05) is 18.3 Å². The van der Waals surface area contributed by atoms with Gasteiger partial charge in [0.05, 0.1) is 0 Å². The number of allylic oxidation sites excluding steroid dienone is 1. The van der Waals surface area contributed by atoms with Crippen molar-refractivity contribution < 1.29 is 9.18 Å². The molecule has 0 saturated carbocycles. The first-order valence-electron chi connectivity index (χ1n) is 10.0. The van der Waals surface area contributed by atoms with Crippen molar-refractivity contribution in [2.75, 3.05) is 18.8 Å². The zero-order chi connectivity index (χ0) is 20.4. The summed E-state index contributed by atoms with van der Waals surface area (Å²) in [6.45, 7) is 2.70. The number of hydrogen-bond acceptors (Lipinski definition) is 4. The van der Waals surface area contributed by atoms with Gasteiger partial charge in [-0.2, -0.15) is 0 Å². The third-order valence-corrected chi connectivity index (χ3v) is 6.09. The number of rotatable bonds is 5. The van der Waals surface area contributed by atoms with E-state index in [0.717, 1.165) is 38.0 Å². The highest BCUT2D eigenvalue weighted by atomic mass is 35.5. The molecule has 2 aromatic rings. The molecule has 0 aromatic heterocycles. The van der Waals surface area contributed by atoms with Crippen LogP contribution in [0.15, 0.2) is 54.7 Å². The molecule has 2 aliphatic rings. The van der Waals surface area contributed by atoms with E-state index < -0.39 is 0 Å². The topological polar surface area (TPSA) is 49.6 Å². The van der Waals surface area contributed by atoms with Crippen LogP contribution in [0.1, 0.15) is 35.2 Å². The monoisotopic (exact) mass is 413 g/mol. The predicted octanol–water partition coefficient (Wildman–Crippen LogP) is 4.50. The van der Waals surface area contributed by atoms with Gasteiger partial charge < -0.3 is 10.6 Å². The van der Waals surface area contributed by atoms with Crippen LogP contribution in [0.2, 0.25) is 5.02 Å². The van der Waals surface area contributed by atoms with Crippen molar-refractivity contribution in [3.05, 3.63) is 76.7 Å². The maximum absolute atomic E-state index is 13.2. The SMILES string of the molecule is Nc1cc(Cl)ccc1C(=O)C=CN1C2CCCC1CN(Cc1ccc(F)cc1)C2. The molecule has 2 bridgehead atoms. The zero-order valence-corrected chi connectivity index (χ0v) is 17.0.